The molecule has 0 fully saturated rings. The van der Waals surface area contributed by atoms with Gasteiger partial charge in [-0.2, -0.15) is 5.10 Å². The lowest BCUT2D eigenvalue weighted by Crippen LogP contribution is -2.24. The molecule has 2 heterocycles. The largest absolute Gasteiger partial charge is 0.338 e. The molecule has 1 atom stereocenters. The first kappa shape index (κ1) is 12.8. The minimum absolute atomic E-state index is 0.278. The van der Waals surface area contributed by atoms with Crippen LogP contribution in [0.2, 0.25) is 0 Å². The van der Waals surface area contributed by atoms with Crippen molar-refractivity contribution in [3.05, 3.63) is 36.2 Å². The fraction of sp³-hybridized carbons (Fsp3) is 0.538. The highest BCUT2D eigenvalue weighted by Crippen LogP contribution is 2.16. The number of imidazole rings is 1. The zero-order valence-corrected chi connectivity index (χ0v) is 11.3. The number of nitrogens with one attached hydrogen (secondary N) is 1. The fourth-order valence-corrected chi connectivity index (χ4v) is 2.02. The van der Waals surface area contributed by atoms with Crippen molar-refractivity contribution < 1.29 is 0 Å². The molecular formula is C13H21N5. The Kier molecular flexibility index (Phi) is 4.15. The molecule has 0 aromatic carbocycles. The van der Waals surface area contributed by atoms with Gasteiger partial charge in [-0.25, -0.2) is 4.98 Å². The minimum atomic E-state index is 0.278. The van der Waals surface area contributed by atoms with Crippen molar-refractivity contribution in [2.75, 3.05) is 6.54 Å². The zero-order chi connectivity index (χ0) is 13.0. The second-order valence-electron chi connectivity index (χ2n) is 4.61. The van der Waals surface area contributed by atoms with Crippen LogP contribution in [0.3, 0.4) is 0 Å². The van der Waals surface area contributed by atoms with Crippen LogP contribution in [0.15, 0.2) is 24.8 Å². The van der Waals surface area contributed by atoms with Crippen LogP contribution in [0.25, 0.3) is 0 Å². The molecule has 5 nitrogen and oxygen atoms in total. The Bertz CT molecular complexity index is 485. The third kappa shape index (κ3) is 2.98. The summed E-state index contributed by atoms with van der Waals surface area (Å²) < 4.78 is 3.91. The lowest BCUT2D eigenvalue weighted by Gasteiger charge is -2.16. The Hall–Kier alpha value is -1.62. The van der Waals surface area contributed by atoms with Gasteiger partial charge in [0.1, 0.15) is 5.82 Å². The molecule has 5 heteroatoms. The monoisotopic (exact) mass is 247 g/mol. The van der Waals surface area contributed by atoms with Gasteiger partial charge in [-0.3, -0.25) is 4.68 Å². The van der Waals surface area contributed by atoms with Crippen molar-refractivity contribution in [2.45, 2.75) is 25.8 Å². The van der Waals surface area contributed by atoms with Gasteiger partial charge in [-0.1, -0.05) is 6.92 Å². The summed E-state index contributed by atoms with van der Waals surface area (Å²) in [6.07, 6.45) is 9.82. The van der Waals surface area contributed by atoms with Gasteiger partial charge in [0.05, 0.1) is 6.20 Å². The normalized spacial score (nSPS) is 12.8. The third-order valence-corrected chi connectivity index (χ3v) is 3.08. The highest BCUT2D eigenvalue weighted by molar-refractivity contribution is 5.13. The molecule has 2 aromatic heterocycles. The molecule has 0 aliphatic carbocycles. The van der Waals surface area contributed by atoms with Crippen LogP contribution in [0, 0.1) is 0 Å². The molecule has 2 rings (SSSR count). The van der Waals surface area contributed by atoms with Crippen molar-refractivity contribution in [1.82, 2.24) is 24.6 Å². The van der Waals surface area contributed by atoms with E-state index in [0.29, 0.717) is 0 Å². The smallest absolute Gasteiger partial charge is 0.110 e. The van der Waals surface area contributed by atoms with Crippen molar-refractivity contribution in [3.63, 3.8) is 0 Å². The molecule has 0 aliphatic heterocycles. The van der Waals surface area contributed by atoms with E-state index in [2.05, 4.69) is 33.1 Å². The van der Waals surface area contributed by atoms with Gasteiger partial charge in [0.15, 0.2) is 0 Å². The molecule has 2 aromatic rings. The van der Waals surface area contributed by atoms with Gasteiger partial charge >= 0.3 is 0 Å². The highest BCUT2D eigenvalue weighted by Gasteiger charge is 2.15. The third-order valence-electron chi connectivity index (χ3n) is 3.08. The number of aromatic nitrogens is 4. The van der Waals surface area contributed by atoms with Gasteiger partial charge in [0, 0.05) is 50.7 Å². The Morgan fingerprint density at radius 3 is 2.78 bits per heavy atom. The molecule has 1 N–H and O–H groups in total. The molecule has 0 aliphatic rings. The molecule has 18 heavy (non-hydrogen) atoms. The van der Waals surface area contributed by atoms with Crippen molar-refractivity contribution in [3.8, 4) is 0 Å². The average Bonchev–Trinajstić information content (AvgIpc) is 2.94. The summed E-state index contributed by atoms with van der Waals surface area (Å²) in [5.74, 6) is 1.09. The number of nitrogens with zero attached hydrogens (tertiary/aromatic N) is 4. The van der Waals surface area contributed by atoms with Crippen LogP contribution in [0.1, 0.15) is 30.8 Å². The summed E-state index contributed by atoms with van der Waals surface area (Å²) in [6, 6.07) is 0.278. The number of aryl methyl sites for hydroxylation is 2. The van der Waals surface area contributed by atoms with E-state index in [-0.39, 0.29) is 6.04 Å². The van der Waals surface area contributed by atoms with Gasteiger partial charge in [0.2, 0.25) is 0 Å². The van der Waals surface area contributed by atoms with Crippen LogP contribution < -0.4 is 5.32 Å². The molecule has 0 saturated carbocycles. The second-order valence-corrected chi connectivity index (χ2v) is 4.61. The lowest BCUT2D eigenvalue weighted by atomic mass is 10.1. The summed E-state index contributed by atoms with van der Waals surface area (Å²) in [6.45, 7) is 3.18. The van der Waals surface area contributed by atoms with E-state index in [9.17, 15) is 0 Å². The summed E-state index contributed by atoms with van der Waals surface area (Å²) in [5.41, 5.74) is 1.22. The van der Waals surface area contributed by atoms with E-state index >= 15 is 0 Å². The van der Waals surface area contributed by atoms with Crippen molar-refractivity contribution in [2.24, 2.45) is 14.1 Å². The SMILES string of the molecule is CCCNC(Cc1nccn1C)c1cnn(C)c1. The van der Waals surface area contributed by atoms with Crippen LogP contribution in [-0.2, 0) is 20.5 Å². The molecule has 0 saturated heterocycles. The predicted molar refractivity (Wildman–Crippen MR) is 71.2 cm³/mol. The average molecular weight is 247 g/mol. The molecule has 1 unspecified atom stereocenters. The predicted octanol–water partition coefficient (Wildman–Crippen LogP) is 1.44. The molecular weight excluding hydrogens is 226 g/mol. The van der Waals surface area contributed by atoms with E-state index in [1.54, 1.807) is 0 Å². The molecule has 0 bridgehead atoms. The topological polar surface area (TPSA) is 47.7 Å². The van der Waals surface area contributed by atoms with Gasteiger partial charge in [-0.05, 0) is 13.0 Å². The summed E-state index contributed by atoms with van der Waals surface area (Å²) in [5, 5.41) is 7.80. The first-order valence-corrected chi connectivity index (χ1v) is 6.38. The lowest BCUT2D eigenvalue weighted by molar-refractivity contribution is 0.511. The first-order chi connectivity index (χ1) is 8.70. The molecule has 98 valence electrons. The van der Waals surface area contributed by atoms with Gasteiger partial charge in [-0.15, -0.1) is 0 Å². The number of rotatable bonds is 6. The standard InChI is InChI=1S/C13H21N5/c1-4-5-14-12(11-9-16-18(3)10-11)8-13-15-6-7-17(13)2/h6-7,9-10,12,14H,4-5,8H2,1-3H3. The van der Waals surface area contributed by atoms with Gasteiger partial charge < -0.3 is 9.88 Å². The highest BCUT2D eigenvalue weighted by atomic mass is 15.2. The molecule has 0 spiro atoms. The Labute approximate surface area is 108 Å². The summed E-state index contributed by atoms with van der Waals surface area (Å²) in [4.78, 5) is 4.39. The van der Waals surface area contributed by atoms with Crippen LogP contribution >= 0.6 is 0 Å². The number of hydrogen-bond donors (Lipinski definition) is 1. The van der Waals surface area contributed by atoms with Crippen molar-refractivity contribution >= 4 is 0 Å². The summed E-state index contributed by atoms with van der Waals surface area (Å²) >= 11 is 0. The van der Waals surface area contributed by atoms with Crippen LogP contribution in [0.5, 0.6) is 0 Å². The Balaban J connectivity index is 2.12. The van der Waals surface area contributed by atoms with E-state index in [0.717, 1.165) is 25.2 Å². The molecule has 0 radical (unpaired) electrons. The second kappa shape index (κ2) is 5.82. The maximum atomic E-state index is 4.39. The van der Waals surface area contributed by atoms with Gasteiger partial charge in [0.25, 0.3) is 0 Å². The van der Waals surface area contributed by atoms with E-state index in [1.807, 2.05) is 37.4 Å². The number of hydrogen-bond acceptors (Lipinski definition) is 3. The first-order valence-electron chi connectivity index (χ1n) is 6.38. The maximum Gasteiger partial charge on any atom is 0.110 e. The minimum Gasteiger partial charge on any atom is -0.338 e. The quantitative estimate of drug-likeness (QED) is 0.840. The van der Waals surface area contributed by atoms with Crippen LogP contribution in [-0.4, -0.2) is 25.9 Å². The van der Waals surface area contributed by atoms with Crippen LogP contribution in [0.4, 0.5) is 0 Å². The van der Waals surface area contributed by atoms with Crippen molar-refractivity contribution in [1.29, 1.82) is 0 Å². The van der Waals surface area contributed by atoms with E-state index in [1.165, 1.54) is 5.56 Å². The fourth-order valence-electron chi connectivity index (χ4n) is 2.02. The molecule has 0 amide bonds. The summed E-state index contributed by atoms with van der Waals surface area (Å²) in [7, 11) is 3.98. The Morgan fingerprint density at radius 1 is 1.39 bits per heavy atom. The maximum absolute atomic E-state index is 4.39. The zero-order valence-electron chi connectivity index (χ0n) is 11.3. The Morgan fingerprint density at radius 2 is 2.22 bits per heavy atom. The van der Waals surface area contributed by atoms with E-state index < -0.39 is 0 Å². The van der Waals surface area contributed by atoms with E-state index in [4.69, 9.17) is 0 Å².